The molecule has 2 aromatic heterocycles. The van der Waals surface area contributed by atoms with Crippen LogP contribution >= 0.6 is 0 Å². The first-order valence-electron chi connectivity index (χ1n) is 11.9. The number of carbonyl (C=O) groups excluding carboxylic acids is 2. The SMILES string of the molecule is CC(=O)CCCCC[C@H](NC(=O)Cn1ccc2cc(C#N)ccc21)c1ncc(-c2ccccc2)[nH]1. The van der Waals surface area contributed by atoms with Gasteiger partial charge < -0.3 is 19.7 Å². The van der Waals surface area contributed by atoms with Gasteiger partial charge in [-0.05, 0) is 49.6 Å². The lowest BCUT2D eigenvalue weighted by atomic mass is 10.1. The summed E-state index contributed by atoms with van der Waals surface area (Å²) in [6.45, 7) is 1.78. The van der Waals surface area contributed by atoms with Crippen molar-refractivity contribution in [1.82, 2.24) is 19.9 Å². The molecule has 0 radical (unpaired) electrons. The number of hydrogen-bond donors (Lipinski definition) is 2. The fourth-order valence-corrected chi connectivity index (χ4v) is 4.26. The monoisotopic (exact) mass is 467 g/mol. The van der Waals surface area contributed by atoms with Crippen LogP contribution in [0.5, 0.6) is 0 Å². The van der Waals surface area contributed by atoms with E-state index < -0.39 is 0 Å². The van der Waals surface area contributed by atoms with Gasteiger partial charge in [-0.3, -0.25) is 4.79 Å². The van der Waals surface area contributed by atoms with Crippen LogP contribution in [0, 0.1) is 11.3 Å². The molecule has 1 atom stereocenters. The molecule has 0 aliphatic heterocycles. The van der Waals surface area contributed by atoms with E-state index in [1.54, 1.807) is 19.2 Å². The molecule has 0 fully saturated rings. The Morgan fingerprint density at radius 2 is 1.94 bits per heavy atom. The topological polar surface area (TPSA) is 104 Å². The predicted molar refractivity (Wildman–Crippen MR) is 135 cm³/mol. The minimum absolute atomic E-state index is 0.113. The average Bonchev–Trinajstić information content (AvgIpc) is 3.51. The van der Waals surface area contributed by atoms with Crippen molar-refractivity contribution in [2.75, 3.05) is 0 Å². The number of nitrogens with one attached hydrogen (secondary N) is 2. The first-order valence-corrected chi connectivity index (χ1v) is 11.9. The number of amides is 1. The number of aromatic amines is 1. The maximum absolute atomic E-state index is 13.0. The largest absolute Gasteiger partial charge is 0.345 e. The Balaban J connectivity index is 1.46. The van der Waals surface area contributed by atoms with Crippen molar-refractivity contribution in [1.29, 1.82) is 5.26 Å². The highest BCUT2D eigenvalue weighted by molar-refractivity contribution is 5.84. The molecule has 2 heterocycles. The van der Waals surface area contributed by atoms with Gasteiger partial charge in [0.25, 0.3) is 0 Å². The van der Waals surface area contributed by atoms with Crippen molar-refractivity contribution < 1.29 is 9.59 Å². The normalized spacial score (nSPS) is 11.8. The van der Waals surface area contributed by atoms with Crippen molar-refractivity contribution >= 4 is 22.6 Å². The molecule has 1 amide bonds. The van der Waals surface area contributed by atoms with Crippen LogP contribution in [0.4, 0.5) is 0 Å². The summed E-state index contributed by atoms with van der Waals surface area (Å²) in [4.78, 5) is 32.2. The molecule has 35 heavy (non-hydrogen) atoms. The zero-order chi connectivity index (χ0) is 24.6. The zero-order valence-electron chi connectivity index (χ0n) is 19.8. The van der Waals surface area contributed by atoms with E-state index in [-0.39, 0.29) is 24.3 Å². The number of rotatable bonds is 11. The van der Waals surface area contributed by atoms with Gasteiger partial charge in [-0.2, -0.15) is 5.26 Å². The predicted octanol–water partition coefficient (Wildman–Crippen LogP) is 5.30. The maximum Gasteiger partial charge on any atom is 0.240 e. The van der Waals surface area contributed by atoms with Crippen molar-refractivity contribution in [2.24, 2.45) is 0 Å². The molecule has 0 saturated carbocycles. The average molecular weight is 468 g/mol. The van der Waals surface area contributed by atoms with Gasteiger partial charge in [0.1, 0.15) is 18.2 Å². The molecule has 0 spiro atoms. The summed E-state index contributed by atoms with van der Waals surface area (Å²) in [6, 6.07) is 19.2. The Morgan fingerprint density at radius 3 is 2.71 bits per heavy atom. The van der Waals surface area contributed by atoms with Gasteiger partial charge in [-0.25, -0.2) is 4.98 Å². The second kappa shape index (κ2) is 11.3. The van der Waals surface area contributed by atoms with Crippen LogP contribution in [0.3, 0.4) is 0 Å². The molecule has 2 N–H and O–H groups in total. The van der Waals surface area contributed by atoms with Crippen LogP contribution in [0.15, 0.2) is 67.0 Å². The number of fused-ring (bicyclic) bond motifs is 1. The van der Waals surface area contributed by atoms with Crippen molar-refractivity contribution in [3.63, 3.8) is 0 Å². The number of unbranched alkanes of at least 4 members (excludes halogenated alkanes) is 2. The van der Waals surface area contributed by atoms with Gasteiger partial charge in [-0.15, -0.1) is 0 Å². The van der Waals surface area contributed by atoms with Gasteiger partial charge in [0, 0.05) is 23.5 Å². The number of benzene rings is 2. The molecular weight excluding hydrogens is 438 g/mol. The molecule has 0 aliphatic rings. The van der Waals surface area contributed by atoms with E-state index in [1.165, 1.54) is 0 Å². The molecule has 4 rings (SSSR count). The van der Waals surface area contributed by atoms with Crippen LogP contribution in [0.1, 0.15) is 56.5 Å². The Bertz CT molecular complexity index is 1350. The van der Waals surface area contributed by atoms with Crippen LogP contribution in [0.25, 0.3) is 22.2 Å². The fraction of sp³-hybridized carbons (Fsp3) is 0.286. The highest BCUT2D eigenvalue weighted by Gasteiger charge is 2.19. The highest BCUT2D eigenvalue weighted by Crippen LogP contribution is 2.23. The molecular formula is C28H29N5O2. The standard InChI is InChI=1S/C28H29N5O2/c1-20(34)8-4-2-7-11-24(28-30-18-25(32-28)22-9-5-3-6-10-22)31-27(35)19-33-15-14-23-16-21(17-29)12-13-26(23)33/h3,5-6,9-10,12-16,18,24H,2,4,7-8,11,19H2,1H3,(H,30,32)(H,31,35)/t24-/m0/s1. The Hall–Kier alpha value is -4.18. The maximum atomic E-state index is 13.0. The van der Waals surface area contributed by atoms with E-state index in [9.17, 15) is 9.59 Å². The van der Waals surface area contributed by atoms with E-state index >= 15 is 0 Å². The smallest absolute Gasteiger partial charge is 0.240 e. The van der Waals surface area contributed by atoms with E-state index in [1.807, 2.05) is 59.3 Å². The second-order valence-electron chi connectivity index (χ2n) is 8.80. The first-order chi connectivity index (χ1) is 17.0. The molecule has 4 aromatic rings. The molecule has 178 valence electrons. The number of H-pyrrole nitrogens is 1. The molecule has 0 unspecified atom stereocenters. The summed E-state index contributed by atoms with van der Waals surface area (Å²) >= 11 is 0. The Labute approximate surface area is 204 Å². The first kappa shape index (κ1) is 24.0. The third-order valence-corrected chi connectivity index (χ3v) is 6.08. The summed E-state index contributed by atoms with van der Waals surface area (Å²) in [5.74, 6) is 0.812. The molecule has 7 nitrogen and oxygen atoms in total. The summed E-state index contributed by atoms with van der Waals surface area (Å²) < 4.78 is 1.88. The summed E-state index contributed by atoms with van der Waals surface area (Å²) in [5.41, 5.74) is 3.44. The van der Waals surface area contributed by atoms with Crippen LogP contribution in [-0.2, 0) is 16.1 Å². The lowest BCUT2D eigenvalue weighted by Crippen LogP contribution is -2.32. The van der Waals surface area contributed by atoms with E-state index in [4.69, 9.17) is 5.26 Å². The number of aromatic nitrogens is 3. The van der Waals surface area contributed by atoms with Crippen LogP contribution in [0.2, 0.25) is 0 Å². The Morgan fingerprint density at radius 1 is 1.11 bits per heavy atom. The third kappa shape index (κ3) is 6.24. The number of nitriles is 1. The van der Waals surface area contributed by atoms with Gasteiger partial charge >= 0.3 is 0 Å². The van der Waals surface area contributed by atoms with Crippen LogP contribution in [-0.4, -0.2) is 26.2 Å². The lowest BCUT2D eigenvalue weighted by Gasteiger charge is -2.17. The fourth-order valence-electron chi connectivity index (χ4n) is 4.26. The minimum Gasteiger partial charge on any atom is -0.345 e. The number of nitrogens with zero attached hydrogens (tertiary/aromatic N) is 3. The van der Waals surface area contributed by atoms with E-state index in [0.717, 1.165) is 53.7 Å². The summed E-state index contributed by atoms with van der Waals surface area (Å²) in [6.07, 6.45) is 7.62. The third-order valence-electron chi connectivity index (χ3n) is 6.08. The number of hydrogen-bond acceptors (Lipinski definition) is 4. The summed E-state index contributed by atoms with van der Waals surface area (Å²) in [5, 5.41) is 13.2. The summed E-state index contributed by atoms with van der Waals surface area (Å²) in [7, 11) is 0. The molecule has 7 heteroatoms. The number of ketones is 1. The van der Waals surface area contributed by atoms with Gasteiger partial charge in [0.05, 0.1) is 29.6 Å². The Kier molecular flexibility index (Phi) is 7.74. The molecule has 0 bridgehead atoms. The zero-order valence-corrected chi connectivity index (χ0v) is 19.8. The number of Topliss-reactive ketones (excluding diaryl/α,β-unsaturated/α-hetero) is 1. The van der Waals surface area contributed by atoms with E-state index in [0.29, 0.717) is 12.0 Å². The highest BCUT2D eigenvalue weighted by atomic mass is 16.2. The minimum atomic E-state index is -0.260. The second-order valence-corrected chi connectivity index (χ2v) is 8.80. The van der Waals surface area contributed by atoms with Crippen molar-refractivity contribution in [3.8, 4) is 17.3 Å². The van der Waals surface area contributed by atoms with Gasteiger partial charge in [0.2, 0.25) is 5.91 Å². The number of carbonyl (C=O) groups is 2. The lowest BCUT2D eigenvalue weighted by molar-refractivity contribution is -0.122. The van der Waals surface area contributed by atoms with Crippen LogP contribution < -0.4 is 5.32 Å². The number of imidazole rings is 1. The molecule has 2 aromatic carbocycles. The van der Waals surface area contributed by atoms with Crippen molar-refractivity contribution in [2.45, 2.75) is 51.6 Å². The molecule has 0 aliphatic carbocycles. The molecule has 0 saturated heterocycles. The van der Waals surface area contributed by atoms with E-state index in [2.05, 4.69) is 21.4 Å². The van der Waals surface area contributed by atoms with Crippen molar-refractivity contribution in [3.05, 3.63) is 78.4 Å². The quantitative estimate of drug-likeness (QED) is 0.292. The van der Waals surface area contributed by atoms with Gasteiger partial charge in [0.15, 0.2) is 0 Å². The van der Waals surface area contributed by atoms with Gasteiger partial charge in [-0.1, -0.05) is 43.2 Å².